The van der Waals surface area contributed by atoms with Gasteiger partial charge in [-0.25, -0.2) is 9.59 Å². The Balaban J connectivity index is 1.85. The predicted molar refractivity (Wildman–Crippen MR) is 130 cm³/mol. The predicted octanol–water partition coefficient (Wildman–Crippen LogP) is 3.97. The number of aryl methyl sites for hydroxylation is 1. The molecule has 1 heterocycles. The molecule has 0 saturated carbocycles. The number of carbonyl (C=O) groups is 3. The van der Waals surface area contributed by atoms with Gasteiger partial charge in [0.1, 0.15) is 0 Å². The quantitative estimate of drug-likeness (QED) is 0.444. The van der Waals surface area contributed by atoms with Crippen molar-refractivity contribution in [3.63, 3.8) is 0 Å². The first-order chi connectivity index (χ1) is 16.2. The first-order valence-corrected chi connectivity index (χ1v) is 11.3. The number of amides is 3. The largest absolute Gasteiger partial charge is 0.490 e. The third kappa shape index (κ3) is 5.88. The number of esters is 1. The number of methoxy groups -OCH3 is 1. The second-order valence-corrected chi connectivity index (χ2v) is 8.38. The monoisotopic (exact) mass is 531 g/mol. The van der Waals surface area contributed by atoms with Crippen molar-refractivity contribution in [3.05, 3.63) is 63.3 Å². The Morgan fingerprint density at radius 1 is 1.12 bits per heavy atom. The van der Waals surface area contributed by atoms with E-state index in [1.807, 2.05) is 38.1 Å². The van der Waals surface area contributed by atoms with Crippen LogP contribution in [0.25, 0.3) is 0 Å². The molecule has 0 bridgehead atoms. The molecule has 9 nitrogen and oxygen atoms in total. The lowest BCUT2D eigenvalue weighted by atomic mass is 9.95. The molecule has 0 spiro atoms. The molecule has 0 fully saturated rings. The van der Waals surface area contributed by atoms with E-state index in [0.29, 0.717) is 39.5 Å². The fraction of sp³-hybridized carbons (Fsp3) is 0.292. The minimum Gasteiger partial charge on any atom is -0.490 e. The van der Waals surface area contributed by atoms with Crippen molar-refractivity contribution in [3.8, 4) is 11.5 Å². The van der Waals surface area contributed by atoms with E-state index >= 15 is 0 Å². The van der Waals surface area contributed by atoms with Gasteiger partial charge in [0.05, 0.1) is 29.8 Å². The Labute approximate surface area is 206 Å². The number of anilines is 1. The molecule has 180 valence electrons. The normalized spacial score (nSPS) is 15.2. The first-order valence-electron chi connectivity index (χ1n) is 10.6. The van der Waals surface area contributed by atoms with Gasteiger partial charge in [-0.05, 0) is 66.5 Å². The van der Waals surface area contributed by atoms with Crippen molar-refractivity contribution in [1.29, 1.82) is 0 Å². The summed E-state index contributed by atoms with van der Waals surface area (Å²) in [5.74, 6) is -0.230. The highest BCUT2D eigenvalue weighted by Gasteiger charge is 2.33. The van der Waals surface area contributed by atoms with Crippen LogP contribution in [0.1, 0.15) is 31.0 Å². The minimum atomic E-state index is -0.768. The van der Waals surface area contributed by atoms with Crippen LogP contribution in [0, 0.1) is 6.92 Å². The standard InChI is InChI=1S/C24H26BrN3O6/c1-5-33-18-11-15(21-20(23(30)32-4)14(3)26-24(31)28-21)10-17(25)22(18)34-12-19(29)27-16-8-6-13(2)7-9-16/h6-11,21H,5,12H2,1-4H3,(H,27,29)(H2,26,28,31)/t21-/m1/s1. The minimum absolute atomic E-state index is 0.248. The zero-order chi connectivity index (χ0) is 24.8. The summed E-state index contributed by atoms with van der Waals surface area (Å²) in [6.07, 6.45) is 0. The van der Waals surface area contributed by atoms with Gasteiger partial charge in [-0.1, -0.05) is 17.7 Å². The van der Waals surface area contributed by atoms with Crippen molar-refractivity contribution in [2.24, 2.45) is 0 Å². The van der Waals surface area contributed by atoms with Crippen LogP contribution in [0.3, 0.4) is 0 Å². The number of ether oxygens (including phenoxy) is 3. The van der Waals surface area contributed by atoms with Crippen molar-refractivity contribution in [2.45, 2.75) is 26.8 Å². The van der Waals surface area contributed by atoms with E-state index in [1.165, 1.54) is 7.11 Å². The zero-order valence-electron chi connectivity index (χ0n) is 19.3. The van der Waals surface area contributed by atoms with Crippen molar-refractivity contribution >= 4 is 39.5 Å². The lowest BCUT2D eigenvalue weighted by molar-refractivity contribution is -0.136. The smallest absolute Gasteiger partial charge is 0.337 e. The molecule has 10 heteroatoms. The summed E-state index contributed by atoms with van der Waals surface area (Å²) >= 11 is 3.47. The molecule has 1 aliphatic heterocycles. The second kappa shape index (κ2) is 11.1. The van der Waals surface area contributed by atoms with E-state index in [4.69, 9.17) is 14.2 Å². The van der Waals surface area contributed by atoms with Gasteiger partial charge in [0.15, 0.2) is 18.1 Å². The highest BCUT2D eigenvalue weighted by Crippen LogP contribution is 2.40. The summed E-state index contributed by atoms with van der Waals surface area (Å²) in [5, 5.41) is 8.09. The molecular formula is C24H26BrN3O6. The number of urea groups is 1. The van der Waals surface area contributed by atoms with Crippen molar-refractivity contribution < 1.29 is 28.6 Å². The highest BCUT2D eigenvalue weighted by atomic mass is 79.9. The molecule has 0 aromatic heterocycles. The molecule has 1 aliphatic rings. The SMILES string of the molecule is CCOc1cc([C@H]2NC(=O)NC(C)=C2C(=O)OC)cc(Br)c1OCC(=O)Nc1ccc(C)cc1. The van der Waals surface area contributed by atoms with Gasteiger partial charge in [0.25, 0.3) is 5.91 Å². The fourth-order valence-corrected chi connectivity index (χ4v) is 4.03. The number of hydrogen-bond donors (Lipinski definition) is 3. The molecule has 0 unspecified atom stereocenters. The molecule has 0 aliphatic carbocycles. The lowest BCUT2D eigenvalue weighted by Crippen LogP contribution is -2.45. The Bertz CT molecular complexity index is 1130. The first kappa shape index (κ1) is 25.1. The molecular weight excluding hydrogens is 506 g/mol. The van der Waals surface area contributed by atoms with Crippen LogP contribution in [0.4, 0.5) is 10.5 Å². The molecule has 3 N–H and O–H groups in total. The number of allylic oxidation sites excluding steroid dienone is 1. The summed E-state index contributed by atoms with van der Waals surface area (Å²) in [6, 6.07) is 9.56. The average Bonchev–Trinajstić information content (AvgIpc) is 2.79. The number of carbonyl (C=O) groups excluding carboxylic acids is 3. The zero-order valence-corrected chi connectivity index (χ0v) is 20.9. The molecule has 1 atom stereocenters. The van der Waals surface area contributed by atoms with Gasteiger partial charge in [-0.2, -0.15) is 0 Å². The van der Waals surface area contributed by atoms with Crippen molar-refractivity contribution in [2.75, 3.05) is 25.6 Å². The number of halogens is 1. The molecule has 3 amide bonds. The van der Waals surface area contributed by atoms with Gasteiger partial charge < -0.3 is 30.2 Å². The Hall–Kier alpha value is -3.53. The second-order valence-electron chi connectivity index (χ2n) is 7.53. The van der Waals surface area contributed by atoms with E-state index in [9.17, 15) is 14.4 Å². The van der Waals surface area contributed by atoms with Gasteiger partial charge >= 0.3 is 12.0 Å². The van der Waals surface area contributed by atoms with Crippen LogP contribution in [0.2, 0.25) is 0 Å². The maximum atomic E-state index is 12.4. The number of benzene rings is 2. The summed E-state index contributed by atoms with van der Waals surface area (Å²) in [7, 11) is 1.27. The number of rotatable bonds is 8. The summed E-state index contributed by atoms with van der Waals surface area (Å²) in [5.41, 5.74) is 2.98. The Kier molecular flexibility index (Phi) is 8.17. The number of hydrogen-bond acceptors (Lipinski definition) is 6. The van der Waals surface area contributed by atoms with Crippen LogP contribution in [0.5, 0.6) is 11.5 Å². The third-order valence-corrected chi connectivity index (χ3v) is 5.61. The molecule has 2 aromatic carbocycles. The molecule has 2 aromatic rings. The third-order valence-electron chi connectivity index (χ3n) is 5.02. The van der Waals surface area contributed by atoms with E-state index in [-0.39, 0.29) is 18.1 Å². The van der Waals surface area contributed by atoms with Gasteiger partial charge in [0, 0.05) is 11.4 Å². The Morgan fingerprint density at radius 2 is 1.82 bits per heavy atom. The van der Waals surface area contributed by atoms with Crippen LogP contribution in [0.15, 0.2) is 52.1 Å². The molecule has 34 heavy (non-hydrogen) atoms. The molecule has 0 radical (unpaired) electrons. The molecule has 0 saturated heterocycles. The van der Waals surface area contributed by atoms with Crippen LogP contribution < -0.4 is 25.4 Å². The van der Waals surface area contributed by atoms with Gasteiger partial charge in [-0.3, -0.25) is 4.79 Å². The lowest BCUT2D eigenvalue weighted by Gasteiger charge is -2.28. The highest BCUT2D eigenvalue weighted by molar-refractivity contribution is 9.10. The van der Waals surface area contributed by atoms with E-state index in [0.717, 1.165) is 5.56 Å². The summed E-state index contributed by atoms with van der Waals surface area (Å²) < 4.78 is 16.9. The summed E-state index contributed by atoms with van der Waals surface area (Å²) in [6.45, 7) is 5.48. The van der Waals surface area contributed by atoms with Crippen LogP contribution >= 0.6 is 15.9 Å². The van der Waals surface area contributed by atoms with E-state index in [1.54, 1.807) is 19.1 Å². The maximum Gasteiger partial charge on any atom is 0.337 e. The topological polar surface area (TPSA) is 115 Å². The van der Waals surface area contributed by atoms with E-state index in [2.05, 4.69) is 31.9 Å². The fourth-order valence-electron chi connectivity index (χ4n) is 3.45. The van der Waals surface area contributed by atoms with Gasteiger partial charge in [-0.15, -0.1) is 0 Å². The number of nitrogens with one attached hydrogen (secondary N) is 3. The summed E-state index contributed by atoms with van der Waals surface area (Å²) in [4.78, 5) is 36.9. The average molecular weight is 532 g/mol. The van der Waals surface area contributed by atoms with Crippen molar-refractivity contribution in [1.82, 2.24) is 10.6 Å². The maximum absolute atomic E-state index is 12.4. The van der Waals surface area contributed by atoms with E-state index < -0.39 is 18.0 Å². The van der Waals surface area contributed by atoms with Crippen LogP contribution in [-0.2, 0) is 14.3 Å². The van der Waals surface area contributed by atoms with Gasteiger partial charge in [0.2, 0.25) is 0 Å². The Morgan fingerprint density at radius 3 is 2.47 bits per heavy atom. The molecule has 3 rings (SSSR count). The van der Waals surface area contributed by atoms with Crippen LogP contribution in [-0.4, -0.2) is 38.2 Å².